The molecule has 1 aromatic heterocycles. The molecule has 0 bridgehead atoms. The molecule has 0 saturated carbocycles. The third-order valence-corrected chi connectivity index (χ3v) is 2.29. The number of hydrogen-bond acceptors (Lipinski definition) is 1. The van der Waals surface area contributed by atoms with Crippen molar-refractivity contribution in [3.63, 3.8) is 0 Å². The predicted octanol–water partition coefficient (Wildman–Crippen LogP) is 3.25. The Balaban J connectivity index is 2.50. The zero-order valence-corrected chi connectivity index (χ0v) is 8.18. The molecule has 0 aliphatic heterocycles. The molecule has 0 aliphatic carbocycles. The molecule has 0 spiro atoms. The number of benzene rings is 1. The summed E-state index contributed by atoms with van der Waals surface area (Å²) in [5.74, 6) is 0. The van der Waals surface area contributed by atoms with E-state index in [1.807, 2.05) is 0 Å². The molecule has 2 rings (SSSR count). The lowest BCUT2D eigenvalue weighted by Crippen LogP contribution is -2.18. The maximum Gasteiger partial charge on any atom is 0.408 e. The summed E-state index contributed by atoms with van der Waals surface area (Å²) in [6, 6.07) is 4.77. The Morgan fingerprint density at radius 1 is 1.33 bits per heavy atom. The Labute approximate surface area is 88.3 Å². The van der Waals surface area contributed by atoms with Crippen LogP contribution >= 0.6 is 11.6 Å². The number of alkyl halides is 3. The lowest BCUT2D eigenvalue weighted by Gasteiger charge is -2.07. The Bertz CT molecular complexity index is 490. The molecular weight excluding hydrogens is 229 g/mol. The summed E-state index contributed by atoms with van der Waals surface area (Å²) in [7, 11) is 0. The minimum Gasteiger partial charge on any atom is -0.256 e. The van der Waals surface area contributed by atoms with Gasteiger partial charge in [-0.3, -0.25) is 4.68 Å². The van der Waals surface area contributed by atoms with Crippen LogP contribution < -0.4 is 0 Å². The third-order valence-electron chi connectivity index (χ3n) is 1.96. The smallest absolute Gasteiger partial charge is 0.256 e. The number of aromatic nitrogens is 2. The molecule has 0 amide bonds. The highest BCUT2D eigenvalue weighted by Gasteiger charge is 2.29. The van der Waals surface area contributed by atoms with Crippen molar-refractivity contribution in [3.8, 4) is 0 Å². The normalized spacial score (nSPS) is 12.3. The summed E-state index contributed by atoms with van der Waals surface area (Å²) in [6.45, 7) is -1.10. The number of fused-ring (bicyclic) bond motifs is 1. The molecule has 0 radical (unpaired) electrons. The van der Waals surface area contributed by atoms with Gasteiger partial charge in [-0.1, -0.05) is 17.7 Å². The fourth-order valence-corrected chi connectivity index (χ4v) is 1.58. The molecule has 6 heteroatoms. The van der Waals surface area contributed by atoms with Gasteiger partial charge in [0.25, 0.3) is 0 Å². The summed E-state index contributed by atoms with van der Waals surface area (Å²) in [5, 5.41) is 4.59. The van der Waals surface area contributed by atoms with E-state index in [0.717, 1.165) is 4.68 Å². The van der Waals surface area contributed by atoms with Crippen LogP contribution in [-0.2, 0) is 6.54 Å². The van der Waals surface area contributed by atoms with Gasteiger partial charge in [0.15, 0.2) is 0 Å². The first-order valence-electron chi connectivity index (χ1n) is 4.14. The third kappa shape index (κ3) is 2.07. The number of nitrogens with zero attached hydrogens (tertiary/aromatic N) is 2. The molecule has 1 aromatic carbocycles. The maximum absolute atomic E-state index is 12.2. The minimum absolute atomic E-state index is 0.389. The lowest BCUT2D eigenvalue weighted by molar-refractivity contribution is -0.141. The van der Waals surface area contributed by atoms with Crippen molar-refractivity contribution >= 4 is 22.5 Å². The van der Waals surface area contributed by atoms with Gasteiger partial charge in [0.2, 0.25) is 0 Å². The SMILES string of the molecule is FC(F)(F)Cn1ncc2c(Cl)cccc21. The molecular formula is C9H6ClF3N2. The van der Waals surface area contributed by atoms with Crippen LogP contribution in [0, 0.1) is 0 Å². The van der Waals surface area contributed by atoms with Crippen molar-refractivity contribution in [3.05, 3.63) is 29.4 Å². The summed E-state index contributed by atoms with van der Waals surface area (Å²) >= 11 is 5.81. The quantitative estimate of drug-likeness (QED) is 0.741. The van der Waals surface area contributed by atoms with Crippen molar-refractivity contribution in [2.45, 2.75) is 12.7 Å². The van der Waals surface area contributed by atoms with E-state index < -0.39 is 12.7 Å². The second-order valence-corrected chi connectivity index (χ2v) is 3.50. The van der Waals surface area contributed by atoms with Crippen LogP contribution in [-0.4, -0.2) is 16.0 Å². The van der Waals surface area contributed by atoms with Gasteiger partial charge in [0, 0.05) is 5.39 Å². The van der Waals surface area contributed by atoms with E-state index in [4.69, 9.17) is 11.6 Å². The Morgan fingerprint density at radius 2 is 2.07 bits per heavy atom. The average molecular weight is 235 g/mol. The monoisotopic (exact) mass is 234 g/mol. The first kappa shape index (κ1) is 10.3. The van der Waals surface area contributed by atoms with Gasteiger partial charge in [-0.15, -0.1) is 0 Å². The average Bonchev–Trinajstić information content (AvgIpc) is 2.48. The molecule has 0 saturated heterocycles. The zero-order chi connectivity index (χ0) is 11.1. The van der Waals surface area contributed by atoms with Crippen molar-refractivity contribution in [1.82, 2.24) is 9.78 Å². The van der Waals surface area contributed by atoms with Gasteiger partial charge in [0.1, 0.15) is 6.54 Å². The van der Waals surface area contributed by atoms with E-state index in [1.165, 1.54) is 6.20 Å². The first-order chi connectivity index (χ1) is 6.97. The maximum atomic E-state index is 12.2. The fraction of sp³-hybridized carbons (Fsp3) is 0.222. The topological polar surface area (TPSA) is 17.8 Å². The van der Waals surface area contributed by atoms with Crippen molar-refractivity contribution in [2.24, 2.45) is 0 Å². The van der Waals surface area contributed by atoms with Crippen LogP contribution in [0.4, 0.5) is 13.2 Å². The molecule has 2 nitrogen and oxygen atoms in total. The summed E-state index contributed by atoms with van der Waals surface area (Å²) < 4.78 is 37.4. The van der Waals surface area contributed by atoms with Crippen LogP contribution in [0.2, 0.25) is 5.02 Å². The van der Waals surface area contributed by atoms with E-state index in [2.05, 4.69) is 5.10 Å². The molecule has 0 aliphatic rings. The zero-order valence-electron chi connectivity index (χ0n) is 7.42. The van der Waals surface area contributed by atoms with Crippen LogP contribution in [0.15, 0.2) is 24.4 Å². The number of rotatable bonds is 1. The van der Waals surface area contributed by atoms with E-state index in [9.17, 15) is 13.2 Å². The van der Waals surface area contributed by atoms with Gasteiger partial charge in [-0.05, 0) is 12.1 Å². The first-order valence-corrected chi connectivity index (χ1v) is 4.52. The van der Waals surface area contributed by atoms with Gasteiger partial charge in [0.05, 0.1) is 16.7 Å². The highest BCUT2D eigenvalue weighted by atomic mass is 35.5. The van der Waals surface area contributed by atoms with Crippen molar-refractivity contribution < 1.29 is 13.2 Å². The molecule has 1 heterocycles. The van der Waals surface area contributed by atoms with E-state index in [0.29, 0.717) is 15.9 Å². The van der Waals surface area contributed by atoms with E-state index in [-0.39, 0.29) is 0 Å². The van der Waals surface area contributed by atoms with Gasteiger partial charge in [-0.2, -0.15) is 18.3 Å². The predicted molar refractivity (Wildman–Crippen MR) is 50.8 cm³/mol. The molecule has 80 valence electrons. The fourth-order valence-electron chi connectivity index (χ4n) is 1.36. The van der Waals surface area contributed by atoms with Crippen LogP contribution in [0.3, 0.4) is 0 Å². The summed E-state index contributed by atoms with van der Waals surface area (Å²) in [4.78, 5) is 0. The highest BCUT2D eigenvalue weighted by molar-refractivity contribution is 6.35. The largest absolute Gasteiger partial charge is 0.408 e. The standard InChI is InChI=1S/C9H6ClF3N2/c10-7-2-1-3-8-6(7)4-14-15(8)5-9(11,12)13/h1-4H,5H2. The lowest BCUT2D eigenvalue weighted by atomic mass is 10.2. The van der Waals surface area contributed by atoms with Crippen molar-refractivity contribution in [2.75, 3.05) is 0 Å². The molecule has 0 atom stereocenters. The van der Waals surface area contributed by atoms with E-state index >= 15 is 0 Å². The van der Waals surface area contributed by atoms with Crippen LogP contribution in [0.1, 0.15) is 0 Å². The Morgan fingerprint density at radius 3 is 2.73 bits per heavy atom. The molecule has 0 unspecified atom stereocenters. The summed E-state index contributed by atoms with van der Waals surface area (Å²) in [5.41, 5.74) is 0.389. The van der Waals surface area contributed by atoms with E-state index in [1.54, 1.807) is 18.2 Å². The number of halogens is 4. The Kier molecular flexibility index (Phi) is 2.34. The van der Waals surface area contributed by atoms with Gasteiger partial charge >= 0.3 is 6.18 Å². The number of hydrogen-bond donors (Lipinski definition) is 0. The highest BCUT2D eigenvalue weighted by Crippen LogP contribution is 2.25. The van der Waals surface area contributed by atoms with Gasteiger partial charge < -0.3 is 0 Å². The summed E-state index contributed by atoms with van der Waals surface area (Å²) in [6.07, 6.45) is -2.94. The molecule has 2 aromatic rings. The minimum atomic E-state index is -4.28. The molecule has 0 fully saturated rings. The van der Waals surface area contributed by atoms with Crippen LogP contribution in [0.25, 0.3) is 10.9 Å². The molecule has 15 heavy (non-hydrogen) atoms. The Hall–Kier alpha value is -1.23. The molecule has 0 N–H and O–H groups in total. The second kappa shape index (κ2) is 3.41. The van der Waals surface area contributed by atoms with Crippen molar-refractivity contribution in [1.29, 1.82) is 0 Å². The van der Waals surface area contributed by atoms with Crippen LogP contribution in [0.5, 0.6) is 0 Å². The second-order valence-electron chi connectivity index (χ2n) is 3.09. The van der Waals surface area contributed by atoms with Gasteiger partial charge in [-0.25, -0.2) is 0 Å².